The van der Waals surface area contributed by atoms with Crippen LogP contribution in [0.3, 0.4) is 0 Å². The summed E-state index contributed by atoms with van der Waals surface area (Å²) in [5.41, 5.74) is 3.12. The van der Waals surface area contributed by atoms with E-state index in [0.717, 1.165) is 16.7 Å². The molecule has 1 saturated heterocycles. The topological polar surface area (TPSA) is 63.2 Å². The average molecular weight is 477 g/mol. The van der Waals surface area contributed by atoms with Crippen molar-refractivity contribution in [3.8, 4) is 0 Å². The zero-order valence-corrected chi connectivity index (χ0v) is 20.0. The van der Waals surface area contributed by atoms with E-state index < -0.39 is 24.2 Å². The van der Waals surface area contributed by atoms with E-state index in [2.05, 4.69) is 0 Å². The number of benzene rings is 3. The molecular weight excluding hydrogens is 444 g/mol. The maximum atomic E-state index is 12.6. The van der Waals surface area contributed by atoms with E-state index in [9.17, 15) is 4.79 Å². The molecule has 0 saturated carbocycles. The summed E-state index contributed by atoms with van der Waals surface area (Å²) in [6.45, 7) is 1.66. The number of hydrogen-bond donors (Lipinski definition) is 0. The number of rotatable bonds is 11. The van der Waals surface area contributed by atoms with E-state index in [1.165, 1.54) is 7.11 Å². The maximum Gasteiger partial charge on any atom is 0.313 e. The normalized spacial score (nSPS) is 22.0. The number of carbonyl (C=O) groups is 1. The van der Waals surface area contributed by atoms with Crippen molar-refractivity contribution in [3.63, 3.8) is 0 Å². The van der Waals surface area contributed by atoms with Crippen LogP contribution in [0.15, 0.2) is 91.0 Å². The van der Waals surface area contributed by atoms with Crippen LogP contribution in [0.1, 0.15) is 16.7 Å². The van der Waals surface area contributed by atoms with Crippen molar-refractivity contribution in [1.29, 1.82) is 0 Å². The summed E-state index contributed by atoms with van der Waals surface area (Å²) >= 11 is 0. The standard InChI is InChI=1S/C29H32O6/c1-31-29(30)25-20-33-26(21-32-17-22-11-5-2-6-12-22)28(35-19-24-15-9-4-10-16-24)27(25)34-18-23-13-7-3-8-14-23/h2-16,25-28H,17-21H2,1H3/t25-,26-,27-,28+/m1/s1. The van der Waals surface area contributed by atoms with Crippen LogP contribution in [0, 0.1) is 5.92 Å². The Balaban J connectivity index is 1.50. The molecule has 3 aromatic carbocycles. The summed E-state index contributed by atoms with van der Waals surface area (Å²) in [7, 11) is 1.38. The second-order valence-corrected chi connectivity index (χ2v) is 8.52. The first-order valence-corrected chi connectivity index (χ1v) is 11.9. The van der Waals surface area contributed by atoms with Gasteiger partial charge in [0.25, 0.3) is 0 Å². The predicted molar refractivity (Wildman–Crippen MR) is 131 cm³/mol. The molecule has 0 radical (unpaired) electrons. The van der Waals surface area contributed by atoms with Crippen LogP contribution in [-0.2, 0) is 48.3 Å². The van der Waals surface area contributed by atoms with Gasteiger partial charge in [0.2, 0.25) is 0 Å². The first-order chi connectivity index (χ1) is 17.2. The molecule has 6 heteroatoms. The average Bonchev–Trinajstić information content (AvgIpc) is 2.92. The lowest BCUT2D eigenvalue weighted by molar-refractivity contribution is -0.224. The molecule has 1 heterocycles. The smallest absolute Gasteiger partial charge is 0.313 e. The molecule has 6 nitrogen and oxygen atoms in total. The summed E-state index contributed by atoms with van der Waals surface area (Å²) in [4.78, 5) is 12.6. The molecule has 1 fully saturated rings. The van der Waals surface area contributed by atoms with Gasteiger partial charge in [0.15, 0.2) is 0 Å². The second kappa shape index (κ2) is 13.2. The van der Waals surface area contributed by atoms with Crippen molar-refractivity contribution < 1.29 is 28.5 Å². The molecule has 0 bridgehead atoms. The van der Waals surface area contributed by atoms with E-state index >= 15 is 0 Å². The molecule has 0 aromatic heterocycles. The molecule has 3 aromatic rings. The molecule has 4 atom stereocenters. The van der Waals surface area contributed by atoms with Crippen LogP contribution in [-0.4, -0.2) is 44.6 Å². The number of methoxy groups -OCH3 is 1. The molecule has 0 amide bonds. The summed E-state index contributed by atoms with van der Waals surface area (Å²) < 4.78 is 29.9. The van der Waals surface area contributed by atoms with E-state index in [4.69, 9.17) is 23.7 Å². The molecule has 35 heavy (non-hydrogen) atoms. The zero-order chi connectivity index (χ0) is 24.3. The summed E-state index contributed by atoms with van der Waals surface area (Å²) in [5.74, 6) is -0.977. The van der Waals surface area contributed by atoms with Gasteiger partial charge in [0, 0.05) is 0 Å². The van der Waals surface area contributed by atoms with Crippen molar-refractivity contribution in [2.45, 2.75) is 38.1 Å². The van der Waals surface area contributed by atoms with Crippen molar-refractivity contribution in [3.05, 3.63) is 108 Å². The highest BCUT2D eigenvalue weighted by Crippen LogP contribution is 2.29. The van der Waals surface area contributed by atoms with E-state index in [1.807, 2.05) is 91.0 Å². The van der Waals surface area contributed by atoms with Crippen LogP contribution in [0.25, 0.3) is 0 Å². The first kappa shape index (κ1) is 25.1. The lowest BCUT2D eigenvalue weighted by atomic mass is 9.91. The molecule has 1 aliphatic heterocycles. The molecule has 0 spiro atoms. The Bertz CT molecular complexity index is 1010. The van der Waals surface area contributed by atoms with Gasteiger partial charge < -0.3 is 23.7 Å². The second-order valence-electron chi connectivity index (χ2n) is 8.52. The number of esters is 1. The SMILES string of the molecule is COC(=O)[C@@H]1CO[C@H](COCc2ccccc2)[C@H](OCc2ccccc2)[C@@H]1OCc1ccccc1. The Labute approximate surface area is 206 Å². The van der Waals surface area contributed by atoms with Crippen molar-refractivity contribution in [2.24, 2.45) is 5.92 Å². The third kappa shape index (κ3) is 7.23. The predicted octanol–water partition coefficient (Wildman–Crippen LogP) is 4.56. The zero-order valence-electron chi connectivity index (χ0n) is 20.0. The summed E-state index contributed by atoms with van der Waals surface area (Å²) in [6.07, 6.45) is -1.47. The van der Waals surface area contributed by atoms with Crippen LogP contribution in [0.5, 0.6) is 0 Å². The molecule has 1 aliphatic rings. The van der Waals surface area contributed by atoms with E-state index in [1.54, 1.807) is 0 Å². The molecule has 0 unspecified atom stereocenters. The van der Waals surface area contributed by atoms with Crippen LogP contribution >= 0.6 is 0 Å². The number of carbonyl (C=O) groups excluding carboxylic acids is 1. The largest absolute Gasteiger partial charge is 0.469 e. The number of hydrogen-bond acceptors (Lipinski definition) is 6. The Hall–Kier alpha value is -3.03. The van der Waals surface area contributed by atoms with Gasteiger partial charge in [-0.3, -0.25) is 4.79 Å². The minimum Gasteiger partial charge on any atom is -0.469 e. The summed E-state index contributed by atoms with van der Waals surface area (Å²) in [6, 6.07) is 29.8. The monoisotopic (exact) mass is 476 g/mol. The Morgan fingerprint density at radius 3 is 1.74 bits per heavy atom. The first-order valence-electron chi connectivity index (χ1n) is 11.9. The van der Waals surface area contributed by atoms with Gasteiger partial charge in [-0.25, -0.2) is 0 Å². The lowest BCUT2D eigenvalue weighted by Gasteiger charge is -2.41. The molecule has 184 valence electrons. The van der Waals surface area contributed by atoms with Gasteiger partial charge in [-0.1, -0.05) is 91.0 Å². The van der Waals surface area contributed by atoms with Gasteiger partial charge in [0.05, 0.1) is 40.1 Å². The quantitative estimate of drug-likeness (QED) is 0.378. The highest BCUT2D eigenvalue weighted by molar-refractivity contribution is 5.73. The van der Waals surface area contributed by atoms with Crippen LogP contribution in [0.4, 0.5) is 0 Å². The highest BCUT2D eigenvalue weighted by Gasteiger charge is 2.46. The highest BCUT2D eigenvalue weighted by atomic mass is 16.6. The third-order valence-corrected chi connectivity index (χ3v) is 6.04. The van der Waals surface area contributed by atoms with Gasteiger partial charge in [-0.05, 0) is 16.7 Å². The fourth-order valence-electron chi connectivity index (χ4n) is 4.17. The van der Waals surface area contributed by atoms with Crippen LogP contribution < -0.4 is 0 Å². The van der Waals surface area contributed by atoms with Gasteiger partial charge in [-0.2, -0.15) is 0 Å². The molecule has 0 aliphatic carbocycles. The Morgan fingerprint density at radius 1 is 0.743 bits per heavy atom. The Morgan fingerprint density at radius 2 is 1.23 bits per heavy atom. The van der Waals surface area contributed by atoms with E-state index in [0.29, 0.717) is 26.4 Å². The minimum atomic E-state index is -0.602. The lowest BCUT2D eigenvalue weighted by Crippen LogP contribution is -2.56. The number of ether oxygens (including phenoxy) is 5. The minimum absolute atomic E-state index is 0.177. The Kier molecular flexibility index (Phi) is 9.43. The van der Waals surface area contributed by atoms with Crippen molar-refractivity contribution in [2.75, 3.05) is 20.3 Å². The van der Waals surface area contributed by atoms with Crippen molar-refractivity contribution in [1.82, 2.24) is 0 Å². The van der Waals surface area contributed by atoms with Gasteiger partial charge >= 0.3 is 5.97 Å². The van der Waals surface area contributed by atoms with E-state index in [-0.39, 0.29) is 12.6 Å². The summed E-state index contributed by atoms with van der Waals surface area (Å²) in [5, 5.41) is 0. The van der Waals surface area contributed by atoms with Gasteiger partial charge in [-0.15, -0.1) is 0 Å². The molecule has 4 rings (SSSR count). The fraction of sp³-hybridized carbons (Fsp3) is 0.345. The third-order valence-electron chi connectivity index (χ3n) is 6.04. The molecular formula is C29H32O6. The maximum absolute atomic E-state index is 12.6. The van der Waals surface area contributed by atoms with Gasteiger partial charge in [0.1, 0.15) is 24.2 Å². The van der Waals surface area contributed by atoms with Crippen molar-refractivity contribution >= 4 is 5.97 Å². The van der Waals surface area contributed by atoms with Crippen LogP contribution in [0.2, 0.25) is 0 Å². The molecule has 0 N–H and O–H groups in total. The fourth-order valence-corrected chi connectivity index (χ4v) is 4.17.